The Bertz CT molecular complexity index is 555. The van der Waals surface area contributed by atoms with Crippen LogP contribution in [0, 0.1) is 0 Å². The molecule has 19 heavy (non-hydrogen) atoms. The molecule has 0 heterocycles. The first-order chi connectivity index (χ1) is 8.72. The molecule has 0 spiro atoms. The van der Waals surface area contributed by atoms with Crippen molar-refractivity contribution < 1.29 is 8.42 Å². The van der Waals surface area contributed by atoms with E-state index in [0.717, 1.165) is 28.4 Å². The second kappa shape index (κ2) is 6.59. The Balaban J connectivity index is 3.55. The average molecular weight is 368 g/mol. The normalized spacial score (nSPS) is 15.3. The quantitative estimate of drug-likeness (QED) is 0.653. The molecule has 5 heteroatoms. The lowest BCUT2D eigenvalue weighted by molar-refractivity contribution is 0.604. The van der Waals surface area contributed by atoms with E-state index in [1.54, 1.807) is 6.07 Å². The first-order valence-corrected chi connectivity index (χ1v) is 9.60. The van der Waals surface area contributed by atoms with Crippen LogP contribution >= 0.6 is 26.6 Å². The number of rotatable bonds is 5. The molecule has 1 aromatic carbocycles. The molecule has 2 nitrogen and oxygen atoms in total. The number of hydrogen-bond acceptors (Lipinski definition) is 2. The van der Waals surface area contributed by atoms with Gasteiger partial charge >= 0.3 is 0 Å². The van der Waals surface area contributed by atoms with Gasteiger partial charge in [-0.3, -0.25) is 0 Å². The van der Waals surface area contributed by atoms with Crippen LogP contribution in [-0.4, -0.2) is 8.42 Å². The molecule has 0 N–H and O–H groups in total. The molecule has 0 radical (unpaired) electrons. The lowest BCUT2D eigenvalue weighted by Gasteiger charge is -2.18. The fourth-order valence-corrected chi connectivity index (χ4v) is 3.96. The Labute approximate surface area is 129 Å². The SMILES string of the molecule is CCC(C)c1cc(S(=O)(=O)Cl)c(C(C)CC)cc1Br. The zero-order valence-electron chi connectivity index (χ0n) is 11.7. The highest BCUT2D eigenvalue weighted by Gasteiger charge is 2.22. The Hall–Kier alpha value is -0.0600. The maximum absolute atomic E-state index is 11.8. The Kier molecular flexibility index (Phi) is 5.90. The van der Waals surface area contributed by atoms with Gasteiger partial charge < -0.3 is 0 Å². The minimum absolute atomic E-state index is 0.158. The van der Waals surface area contributed by atoms with Gasteiger partial charge in [0.25, 0.3) is 9.05 Å². The maximum Gasteiger partial charge on any atom is 0.261 e. The lowest BCUT2D eigenvalue weighted by atomic mass is 9.93. The van der Waals surface area contributed by atoms with E-state index in [2.05, 4.69) is 29.8 Å². The van der Waals surface area contributed by atoms with Crippen molar-refractivity contribution in [3.05, 3.63) is 27.7 Å². The number of halogens is 2. The summed E-state index contributed by atoms with van der Waals surface area (Å²) in [5.41, 5.74) is 1.78. The smallest absolute Gasteiger partial charge is 0.207 e. The molecule has 2 unspecified atom stereocenters. The molecule has 0 saturated heterocycles. The molecule has 2 atom stereocenters. The summed E-state index contributed by atoms with van der Waals surface area (Å²) in [6, 6.07) is 3.63. The van der Waals surface area contributed by atoms with Gasteiger partial charge in [0, 0.05) is 15.2 Å². The second-order valence-electron chi connectivity index (χ2n) is 4.97. The molecule has 0 aliphatic rings. The summed E-state index contributed by atoms with van der Waals surface area (Å²) in [7, 11) is 1.88. The molecule has 0 aromatic heterocycles. The molecule has 1 aromatic rings. The predicted molar refractivity (Wildman–Crippen MR) is 84.6 cm³/mol. The Morgan fingerprint density at radius 2 is 1.58 bits per heavy atom. The van der Waals surface area contributed by atoms with Gasteiger partial charge in [-0.1, -0.05) is 43.6 Å². The molecule has 1 rings (SSSR count). The third kappa shape index (κ3) is 3.96. The van der Waals surface area contributed by atoms with E-state index in [0.29, 0.717) is 0 Å². The van der Waals surface area contributed by atoms with E-state index < -0.39 is 9.05 Å². The highest BCUT2D eigenvalue weighted by Crippen LogP contribution is 2.36. The average Bonchev–Trinajstić information content (AvgIpc) is 2.35. The molecular formula is C14H20BrClO2S. The van der Waals surface area contributed by atoms with Crippen LogP contribution < -0.4 is 0 Å². The van der Waals surface area contributed by atoms with Crippen molar-refractivity contribution in [1.29, 1.82) is 0 Å². The van der Waals surface area contributed by atoms with Crippen molar-refractivity contribution >= 4 is 35.7 Å². The summed E-state index contributed by atoms with van der Waals surface area (Å²) in [6.45, 7) is 8.20. The van der Waals surface area contributed by atoms with E-state index in [-0.39, 0.29) is 16.7 Å². The first kappa shape index (κ1) is 17.0. The zero-order chi connectivity index (χ0) is 14.8. The van der Waals surface area contributed by atoms with Crippen molar-refractivity contribution in [1.82, 2.24) is 0 Å². The standard InChI is InChI=1S/C14H20BrClO2S/c1-5-9(3)11-8-14(19(16,17)18)12(7-13(11)15)10(4)6-2/h7-10H,5-6H2,1-4H3. The Morgan fingerprint density at radius 3 is 2.00 bits per heavy atom. The van der Waals surface area contributed by atoms with Gasteiger partial charge in [-0.25, -0.2) is 8.42 Å². The van der Waals surface area contributed by atoms with Gasteiger partial charge in [0.05, 0.1) is 4.90 Å². The molecular weight excluding hydrogens is 348 g/mol. The third-order valence-electron chi connectivity index (χ3n) is 3.68. The summed E-state index contributed by atoms with van der Waals surface area (Å²) in [6.07, 6.45) is 1.82. The van der Waals surface area contributed by atoms with Gasteiger partial charge in [-0.15, -0.1) is 0 Å². The monoisotopic (exact) mass is 366 g/mol. The third-order valence-corrected chi connectivity index (χ3v) is 5.74. The van der Waals surface area contributed by atoms with Crippen molar-refractivity contribution in [2.75, 3.05) is 0 Å². The highest BCUT2D eigenvalue weighted by atomic mass is 79.9. The van der Waals surface area contributed by atoms with Crippen molar-refractivity contribution in [2.24, 2.45) is 0 Å². The van der Waals surface area contributed by atoms with Gasteiger partial charge in [0.15, 0.2) is 0 Å². The largest absolute Gasteiger partial charge is 0.261 e. The molecule has 0 amide bonds. The summed E-state index contributed by atoms with van der Waals surface area (Å²) >= 11 is 3.55. The first-order valence-electron chi connectivity index (χ1n) is 6.50. The minimum Gasteiger partial charge on any atom is -0.207 e. The van der Waals surface area contributed by atoms with Gasteiger partial charge in [0.2, 0.25) is 0 Å². The van der Waals surface area contributed by atoms with E-state index in [9.17, 15) is 8.42 Å². The molecule has 0 fully saturated rings. The summed E-state index contributed by atoms with van der Waals surface area (Å²) in [4.78, 5) is 0.252. The summed E-state index contributed by atoms with van der Waals surface area (Å²) in [5.74, 6) is 0.448. The molecule has 0 aliphatic carbocycles. The van der Waals surface area contributed by atoms with E-state index in [1.165, 1.54) is 0 Å². The van der Waals surface area contributed by atoms with Gasteiger partial charge in [-0.2, -0.15) is 0 Å². The fourth-order valence-electron chi connectivity index (χ4n) is 2.00. The van der Waals surface area contributed by atoms with E-state index >= 15 is 0 Å². The van der Waals surface area contributed by atoms with Crippen LogP contribution in [0.3, 0.4) is 0 Å². The summed E-state index contributed by atoms with van der Waals surface area (Å²) in [5, 5.41) is 0. The topological polar surface area (TPSA) is 34.1 Å². The van der Waals surface area contributed by atoms with E-state index in [4.69, 9.17) is 10.7 Å². The van der Waals surface area contributed by atoms with Crippen LogP contribution in [0.1, 0.15) is 63.5 Å². The molecule has 0 aliphatic heterocycles. The highest BCUT2D eigenvalue weighted by molar-refractivity contribution is 9.10. The van der Waals surface area contributed by atoms with Crippen LogP contribution in [0.4, 0.5) is 0 Å². The molecule has 0 saturated carbocycles. The van der Waals surface area contributed by atoms with Crippen LogP contribution in [0.2, 0.25) is 0 Å². The minimum atomic E-state index is -3.72. The van der Waals surface area contributed by atoms with Gasteiger partial charge in [0.1, 0.15) is 0 Å². The lowest BCUT2D eigenvalue weighted by Crippen LogP contribution is -2.05. The van der Waals surface area contributed by atoms with Crippen molar-refractivity contribution in [2.45, 2.75) is 57.3 Å². The van der Waals surface area contributed by atoms with Crippen LogP contribution in [0.5, 0.6) is 0 Å². The van der Waals surface area contributed by atoms with Crippen molar-refractivity contribution in [3.63, 3.8) is 0 Å². The second-order valence-corrected chi connectivity index (χ2v) is 8.36. The molecule has 108 valence electrons. The number of benzene rings is 1. The van der Waals surface area contributed by atoms with Crippen LogP contribution in [-0.2, 0) is 9.05 Å². The van der Waals surface area contributed by atoms with Crippen LogP contribution in [0.25, 0.3) is 0 Å². The van der Waals surface area contributed by atoms with Gasteiger partial charge in [-0.05, 0) is 47.9 Å². The van der Waals surface area contributed by atoms with Crippen LogP contribution in [0.15, 0.2) is 21.5 Å². The predicted octanol–water partition coefficient (Wildman–Crippen LogP) is 5.40. The Morgan fingerprint density at radius 1 is 1.11 bits per heavy atom. The zero-order valence-corrected chi connectivity index (χ0v) is 14.9. The molecule has 0 bridgehead atoms. The van der Waals surface area contributed by atoms with Crippen molar-refractivity contribution in [3.8, 4) is 0 Å². The maximum atomic E-state index is 11.8. The fraction of sp³-hybridized carbons (Fsp3) is 0.571. The summed E-state index contributed by atoms with van der Waals surface area (Å²) < 4.78 is 24.6. The van der Waals surface area contributed by atoms with E-state index in [1.807, 2.05) is 19.9 Å². The number of hydrogen-bond donors (Lipinski definition) is 0.